The number of benzene rings is 2. The van der Waals surface area contributed by atoms with Crippen LogP contribution in [-0.4, -0.2) is 55.6 Å². The number of carbonyl (C=O) groups is 2. The first-order valence-corrected chi connectivity index (χ1v) is 12.1. The van der Waals surface area contributed by atoms with Gasteiger partial charge in [-0.15, -0.1) is 0 Å². The second-order valence-electron chi connectivity index (χ2n) is 8.40. The Morgan fingerprint density at radius 3 is 2.12 bits per heavy atom. The Labute approximate surface area is 191 Å². The summed E-state index contributed by atoms with van der Waals surface area (Å²) in [5.41, 5.74) is 1.80. The van der Waals surface area contributed by atoms with Crippen LogP contribution >= 0.6 is 0 Å². The third kappa shape index (κ3) is 6.90. The van der Waals surface area contributed by atoms with Gasteiger partial charge in [-0.2, -0.15) is 4.31 Å². The van der Waals surface area contributed by atoms with Gasteiger partial charge in [-0.1, -0.05) is 61.9 Å². The van der Waals surface area contributed by atoms with Crippen LogP contribution in [0.15, 0.2) is 59.5 Å². The average Bonchev–Trinajstić information content (AvgIpc) is 2.76. The molecule has 0 aliphatic carbocycles. The molecule has 2 aromatic carbocycles. The summed E-state index contributed by atoms with van der Waals surface area (Å²) >= 11 is 0. The summed E-state index contributed by atoms with van der Waals surface area (Å²) in [6.45, 7) is 7.84. The lowest BCUT2D eigenvalue weighted by Crippen LogP contribution is -2.51. The molecule has 0 saturated heterocycles. The van der Waals surface area contributed by atoms with Crippen molar-refractivity contribution >= 4 is 21.8 Å². The molecule has 0 fully saturated rings. The molecule has 0 saturated carbocycles. The summed E-state index contributed by atoms with van der Waals surface area (Å²) in [5, 5.41) is 2.85. The van der Waals surface area contributed by atoms with Gasteiger partial charge >= 0.3 is 0 Å². The van der Waals surface area contributed by atoms with Crippen molar-refractivity contribution in [3.63, 3.8) is 0 Å². The summed E-state index contributed by atoms with van der Waals surface area (Å²) in [4.78, 5) is 27.4. The van der Waals surface area contributed by atoms with E-state index in [4.69, 9.17) is 0 Å². The third-order valence-electron chi connectivity index (χ3n) is 5.13. The van der Waals surface area contributed by atoms with Crippen molar-refractivity contribution in [1.82, 2.24) is 14.5 Å². The molecule has 2 amide bonds. The van der Waals surface area contributed by atoms with E-state index in [1.165, 1.54) is 24.1 Å². The number of nitrogens with zero attached hydrogens (tertiary/aromatic N) is 2. The quantitative estimate of drug-likeness (QED) is 0.592. The van der Waals surface area contributed by atoms with Gasteiger partial charge in [0.05, 0.1) is 11.4 Å². The van der Waals surface area contributed by atoms with Crippen molar-refractivity contribution in [3.05, 3.63) is 65.7 Å². The smallest absolute Gasteiger partial charge is 0.243 e. The second-order valence-corrected chi connectivity index (χ2v) is 10.4. The van der Waals surface area contributed by atoms with Crippen LogP contribution in [0.1, 0.15) is 31.9 Å². The first kappa shape index (κ1) is 25.5. The number of carbonyl (C=O) groups excluding carboxylic acids is 2. The van der Waals surface area contributed by atoms with Crippen molar-refractivity contribution < 1.29 is 18.0 Å². The Bertz CT molecular complexity index is 1010. The van der Waals surface area contributed by atoms with Crippen LogP contribution in [0.2, 0.25) is 0 Å². The number of aryl methyl sites for hydroxylation is 1. The molecule has 1 N–H and O–H groups in total. The third-order valence-corrected chi connectivity index (χ3v) is 6.95. The molecule has 32 heavy (non-hydrogen) atoms. The van der Waals surface area contributed by atoms with Gasteiger partial charge < -0.3 is 10.2 Å². The summed E-state index contributed by atoms with van der Waals surface area (Å²) in [5.74, 6) is -0.443. The molecule has 0 spiro atoms. The van der Waals surface area contributed by atoms with E-state index in [0.29, 0.717) is 6.54 Å². The Morgan fingerprint density at radius 2 is 1.56 bits per heavy atom. The van der Waals surface area contributed by atoms with Crippen molar-refractivity contribution in [2.24, 2.45) is 5.92 Å². The summed E-state index contributed by atoms with van der Waals surface area (Å²) in [7, 11) is -2.47. The molecular weight excluding hydrogens is 426 g/mol. The summed E-state index contributed by atoms with van der Waals surface area (Å²) < 4.78 is 26.9. The number of hydrogen-bond acceptors (Lipinski definition) is 4. The maximum atomic E-state index is 13.2. The fourth-order valence-corrected chi connectivity index (χ4v) is 4.19. The highest BCUT2D eigenvalue weighted by atomic mass is 32.2. The van der Waals surface area contributed by atoms with Gasteiger partial charge in [0, 0.05) is 20.1 Å². The molecule has 0 aromatic heterocycles. The minimum Gasteiger partial charge on any atom is -0.354 e. The Balaban J connectivity index is 2.22. The molecule has 0 heterocycles. The van der Waals surface area contributed by atoms with E-state index in [2.05, 4.69) is 5.32 Å². The predicted molar refractivity (Wildman–Crippen MR) is 125 cm³/mol. The maximum Gasteiger partial charge on any atom is 0.243 e. The topological polar surface area (TPSA) is 86.8 Å². The van der Waals surface area contributed by atoms with Crippen LogP contribution in [0, 0.1) is 12.8 Å². The van der Waals surface area contributed by atoms with E-state index in [1.807, 2.05) is 51.1 Å². The summed E-state index contributed by atoms with van der Waals surface area (Å²) in [6.07, 6.45) is 0. The average molecular weight is 460 g/mol. The lowest BCUT2D eigenvalue weighted by atomic mass is 10.1. The van der Waals surface area contributed by atoms with Crippen LogP contribution in [0.3, 0.4) is 0 Å². The SMILES string of the molecule is Cc1ccc(S(=O)(=O)N(C)CC(=O)N(Cc2ccccc2)[C@H](C)C(=O)NCC(C)C)cc1. The normalized spacial score (nSPS) is 12.6. The first-order chi connectivity index (χ1) is 15.0. The molecule has 0 radical (unpaired) electrons. The Hall–Kier alpha value is -2.71. The Morgan fingerprint density at radius 1 is 0.969 bits per heavy atom. The molecule has 0 bridgehead atoms. The minimum absolute atomic E-state index is 0.121. The molecule has 0 aliphatic heterocycles. The van der Waals surface area contributed by atoms with E-state index in [9.17, 15) is 18.0 Å². The number of rotatable bonds is 10. The monoisotopic (exact) mass is 459 g/mol. The standard InChI is InChI=1S/C24H33N3O4S/c1-18(2)15-25-24(29)20(4)27(16-21-9-7-6-8-10-21)23(28)17-26(5)32(30,31)22-13-11-19(3)12-14-22/h6-14,18,20H,15-17H2,1-5H3,(H,25,29)/t20-/m1/s1. The van der Waals surface area contributed by atoms with E-state index in [-0.39, 0.29) is 29.8 Å². The van der Waals surface area contributed by atoms with Crippen molar-refractivity contribution in [1.29, 1.82) is 0 Å². The van der Waals surface area contributed by atoms with Gasteiger partial charge in [0.2, 0.25) is 21.8 Å². The highest BCUT2D eigenvalue weighted by Crippen LogP contribution is 2.16. The zero-order valence-corrected chi connectivity index (χ0v) is 20.2. The van der Waals surface area contributed by atoms with E-state index < -0.39 is 22.0 Å². The molecule has 8 heteroatoms. The molecule has 2 aromatic rings. The zero-order valence-electron chi connectivity index (χ0n) is 19.4. The van der Waals surface area contributed by atoms with Gasteiger partial charge in [0.25, 0.3) is 0 Å². The number of likely N-dealkylation sites (N-methyl/N-ethyl adjacent to an activating group) is 1. The highest BCUT2D eigenvalue weighted by Gasteiger charge is 2.30. The number of nitrogens with one attached hydrogen (secondary N) is 1. The van der Waals surface area contributed by atoms with Crippen LogP contribution in [0.5, 0.6) is 0 Å². The van der Waals surface area contributed by atoms with Crippen molar-refractivity contribution in [2.75, 3.05) is 20.1 Å². The van der Waals surface area contributed by atoms with Crippen LogP contribution in [0.25, 0.3) is 0 Å². The molecule has 0 aliphatic rings. The largest absolute Gasteiger partial charge is 0.354 e. The van der Waals surface area contributed by atoms with Crippen molar-refractivity contribution in [2.45, 2.75) is 45.2 Å². The molecule has 0 unspecified atom stereocenters. The van der Waals surface area contributed by atoms with Crippen LogP contribution in [-0.2, 0) is 26.2 Å². The van der Waals surface area contributed by atoms with Gasteiger partial charge in [-0.25, -0.2) is 8.42 Å². The van der Waals surface area contributed by atoms with E-state index in [1.54, 1.807) is 19.1 Å². The van der Waals surface area contributed by atoms with Crippen molar-refractivity contribution in [3.8, 4) is 0 Å². The lowest BCUT2D eigenvalue weighted by Gasteiger charge is -2.30. The lowest BCUT2D eigenvalue weighted by molar-refractivity contribution is -0.140. The molecule has 2 rings (SSSR count). The number of hydrogen-bond donors (Lipinski definition) is 1. The minimum atomic E-state index is -3.84. The zero-order chi connectivity index (χ0) is 23.9. The fourth-order valence-electron chi connectivity index (χ4n) is 3.07. The first-order valence-electron chi connectivity index (χ1n) is 10.7. The van der Waals surface area contributed by atoms with E-state index >= 15 is 0 Å². The fraction of sp³-hybridized carbons (Fsp3) is 0.417. The molecule has 1 atom stereocenters. The van der Waals surface area contributed by atoms with Crippen LogP contribution in [0.4, 0.5) is 0 Å². The van der Waals surface area contributed by atoms with Gasteiger partial charge in [-0.05, 0) is 37.5 Å². The van der Waals surface area contributed by atoms with E-state index in [0.717, 1.165) is 15.4 Å². The second kappa shape index (κ2) is 11.2. The molecular formula is C24H33N3O4S. The highest BCUT2D eigenvalue weighted by molar-refractivity contribution is 7.89. The number of amides is 2. The predicted octanol–water partition coefficient (Wildman–Crippen LogP) is 2.81. The van der Waals surface area contributed by atoms with Gasteiger partial charge in [0.15, 0.2) is 0 Å². The Kier molecular flexibility index (Phi) is 8.98. The van der Waals surface area contributed by atoms with Gasteiger partial charge in [-0.3, -0.25) is 9.59 Å². The molecule has 174 valence electrons. The number of sulfonamides is 1. The molecule has 7 nitrogen and oxygen atoms in total. The van der Waals surface area contributed by atoms with Crippen LogP contribution < -0.4 is 5.32 Å². The maximum absolute atomic E-state index is 13.2. The summed E-state index contributed by atoms with van der Waals surface area (Å²) in [6, 6.07) is 15.0. The van der Waals surface area contributed by atoms with Gasteiger partial charge in [0.1, 0.15) is 6.04 Å².